The van der Waals surface area contributed by atoms with Crippen molar-refractivity contribution in [2.45, 2.75) is 38.8 Å². The molecule has 1 aliphatic heterocycles. The van der Waals surface area contributed by atoms with Gasteiger partial charge < -0.3 is 9.15 Å². The predicted octanol–water partition coefficient (Wildman–Crippen LogP) is 6.90. The summed E-state index contributed by atoms with van der Waals surface area (Å²) in [5.74, 6) is -0.383. The number of carbonyl (C=O) groups is 2. The van der Waals surface area contributed by atoms with E-state index < -0.39 is 21.9 Å². The van der Waals surface area contributed by atoms with Gasteiger partial charge in [-0.25, -0.2) is 13.2 Å². The lowest BCUT2D eigenvalue weighted by molar-refractivity contribution is -0.138. The first-order chi connectivity index (χ1) is 21.1. The van der Waals surface area contributed by atoms with Crippen LogP contribution in [0.2, 0.25) is 5.02 Å². The van der Waals surface area contributed by atoms with E-state index in [1.165, 1.54) is 15.3 Å². The summed E-state index contributed by atoms with van der Waals surface area (Å²) in [7, 11) is -3.92. The first-order valence-corrected chi connectivity index (χ1v) is 15.8. The van der Waals surface area contributed by atoms with Crippen molar-refractivity contribution in [2.24, 2.45) is 0 Å². The third-order valence-corrected chi connectivity index (χ3v) is 9.18. The highest BCUT2D eigenvalue weighted by molar-refractivity contribution is 7.89. The second-order valence-corrected chi connectivity index (χ2v) is 12.6. The van der Waals surface area contributed by atoms with E-state index in [-0.39, 0.29) is 41.5 Å². The molecule has 1 aliphatic rings. The van der Waals surface area contributed by atoms with Crippen LogP contribution in [-0.4, -0.2) is 31.2 Å². The van der Waals surface area contributed by atoms with Gasteiger partial charge >= 0.3 is 5.97 Å². The van der Waals surface area contributed by atoms with E-state index in [0.717, 1.165) is 11.1 Å². The molecule has 0 unspecified atom stereocenters. The molecule has 0 atom stereocenters. The highest BCUT2D eigenvalue weighted by Gasteiger charge is 2.38. The van der Waals surface area contributed by atoms with Crippen molar-refractivity contribution in [3.05, 3.63) is 136 Å². The van der Waals surface area contributed by atoms with Gasteiger partial charge in [-0.3, -0.25) is 9.69 Å². The number of allylic oxidation sites excluding steroid dienone is 1. The monoisotopic (exact) mass is 630 g/mol. The molecule has 0 spiro atoms. The summed E-state index contributed by atoms with van der Waals surface area (Å²) in [5.41, 5.74) is 3.00. The molecule has 0 saturated heterocycles. The molecule has 0 radical (unpaired) electrons. The van der Waals surface area contributed by atoms with Crippen molar-refractivity contribution in [1.82, 2.24) is 4.31 Å². The average Bonchev–Trinajstić information content (AvgIpc) is 3.55. The molecular formula is C34H31ClN2O6S. The number of ether oxygens (including phenoxy) is 1. The van der Waals surface area contributed by atoms with Crippen LogP contribution >= 0.6 is 11.6 Å². The zero-order chi connectivity index (χ0) is 31.4. The van der Waals surface area contributed by atoms with Crippen molar-refractivity contribution in [3.63, 3.8) is 0 Å². The van der Waals surface area contributed by atoms with Crippen molar-refractivity contribution in [3.8, 4) is 0 Å². The Balaban J connectivity index is 1.48. The molecule has 1 aromatic heterocycles. The Kier molecular flexibility index (Phi) is 9.20. The van der Waals surface area contributed by atoms with Gasteiger partial charge in [0.05, 0.1) is 29.2 Å². The van der Waals surface area contributed by atoms with Gasteiger partial charge in [0.2, 0.25) is 10.0 Å². The second kappa shape index (κ2) is 13.1. The fourth-order valence-corrected chi connectivity index (χ4v) is 6.44. The number of anilines is 1. The van der Waals surface area contributed by atoms with Crippen molar-refractivity contribution >= 4 is 45.3 Å². The zero-order valence-corrected chi connectivity index (χ0v) is 26.1. The van der Waals surface area contributed by atoms with Crippen LogP contribution in [0.3, 0.4) is 0 Å². The van der Waals surface area contributed by atoms with Gasteiger partial charge in [-0.15, -0.1) is 0 Å². The van der Waals surface area contributed by atoms with Crippen LogP contribution < -0.4 is 4.90 Å². The number of rotatable bonds is 10. The third kappa shape index (κ3) is 6.55. The summed E-state index contributed by atoms with van der Waals surface area (Å²) in [5, 5.41) is 0.546. The van der Waals surface area contributed by atoms with Crippen LogP contribution in [0, 0.1) is 6.92 Å². The molecule has 0 N–H and O–H groups in total. The molecule has 4 aromatic rings. The van der Waals surface area contributed by atoms with Crippen LogP contribution in [0.25, 0.3) is 6.08 Å². The van der Waals surface area contributed by atoms with E-state index in [2.05, 4.69) is 0 Å². The maximum atomic E-state index is 13.8. The maximum absolute atomic E-state index is 13.8. The summed E-state index contributed by atoms with van der Waals surface area (Å²) in [6.07, 6.45) is 1.49. The lowest BCUT2D eigenvalue weighted by Crippen LogP contribution is -2.30. The van der Waals surface area contributed by atoms with E-state index in [1.807, 2.05) is 13.0 Å². The number of esters is 1. The molecule has 0 saturated carbocycles. The summed E-state index contributed by atoms with van der Waals surface area (Å²) in [4.78, 5) is 28.2. The van der Waals surface area contributed by atoms with Crippen molar-refractivity contribution in [1.29, 1.82) is 0 Å². The Morgan fingerprint density at radius 2 is 1.61 bits per heavy atom. The van der Waals surface area contributed by atoms with Crippen LogP contribution in [0.4, 0.5) is 5.69 Å². The Labute approximate surface area is 261 Å². The minimum atomic E-state index is -3.92. The summed E-state index contributed by atoms with van der Waals surface area (Å²) in [6, 6.07) is 25.9. The van der Waals surface area contributed by atoms with Gasteiger partial charge in [-0.2, -0.15) is 4.31 Å². The van der Waals surface area contributed by atoms with Crippen LogP contribution in [0.15, 0.2) is 117 Å². The highest BCUT2D eigenvalue weighted by atomic mass is 35.5. The third-order valence-electron chi connectivity index (χ3n) is 7.13. The number of aryl methyl sites for hydroxylation is 1. The quantitative estimate of drug-likeness (QED) is 0.140. The fourth-order valence-electron chi connectivity index (χ4n) is 4.92. The topological polar surface area (TPSA) is 97.1 Å². The molecule has 8 nitrogen and oxygen atoms in total. The number of amides is 1. The SMILES string of the molecule is CCOC(=O)C1=C(C)N(c2ccccc2)C(=O)/C1=C/c1ccc(CN(Cc2ccc(Cl)cc2)S(=O)(=O)c2ccc(C)cc2)o1. The number of hydrogen-bond acceptors (Lipinski definition) is 6. The molecule has 0 aliphatic carbocycles. The normalized spacial score (nSPS) is 14.6. The van der Waals surface area contributed by atoms with Crippen molar-refractivity contribution in [2.75, 3.05) is 11.5 Å². The number of nitrogens with zero attached hydrogens (tertiary/aromatic N) is 2. The van der Waals surface area contributed by atoms with Crippen LogP contribution in [-0.2, 0) is 37.4 Å². The smallest absolute Gasteiger partial charge is 0.340 e. The predicted molar refractivity (Wildman–Crippen MR) is 169 cm³/mol. The van der Waals surface area contributed by atoms with E-state index in [9.17, 15) is 18.0 Å². The standard InChI is InChI=1S/C34H31ClN2O6S/c1-4-42-34(39)32-24(3)37(27-8-6-5-7-9-27)33(38)31(32)20-28-16-17-29(43-28)22-36(21-25-12-14-26(35)15-13-25)44(40,41)30-18-10-23(2)11-19-30/h5-20H,4,21-22H2,1-3H3/b31-20+. The molecule has 1 amide bonds. The summed E-state index contributed by atoms with van der Waals surface area (Å²) >= 11 is 6.05. The molecule has 10 heteroatoms. The number of halogens is 1. The number of sulfonamides is 1. The first kappa shape index (κ1) is 31.0. The Morgan fingerprint density at radius 1 is 0.932 bits per heavy atom. The van der Waals surface area contributed by atoms with Gasteiger partial charge in [0.25, 0.3) is 5.91 Å². The van der Waals surface area contributed by atoms with Crippen molar-refractivity contribution < 1.29 is 27.2 Å². The minimum Gasteiger partial charge on any atom is -0.462 e. The molecule has 3 aromatic carbocycles. The van der Waals surface area contributed by atoms with Crippen LogP contribution in [0.5, 0.6) is 0 Å². The number of para-hydroxylation sites is 1. The van der Waals surface area contributed by atoms with Crippen LogP contribution in [0.1, 0.15) is 36.5 Å². The zero-order valence-electron chi connectivity index (χ0n) is 24.5. The second-order valence-electron chi connectivity index (χ2n) is 10.2. The molecular weight excluding hydrogens is 600 g/mol. The lowest BCUT2D eigenvalue weighted by atomic mass is 10.1. The average molecular weight is 631 g/mol. The van der Waals surface area contributed by atoms with E-state index in [1.54, 1.807) is 98.8 Å². The Morgan fingerprint density at radius 3 is 2.27 bits per heavy atom. The lowest BCUT2D eigenvalue weighted by Gasteiger charge is -2.21. The number of carbonyl (C=O) groups excluding carboxylic acids is 2. The van der Waals surface area contributed by atoms with E-state index >= 15 is 0 Å². The Bertz CT molecular complexity index is 1840. The Hall–Kier alpha value is -4.44. The van der Waals surface area contributed by atoms with Gasteiger partial charge in [0, 0.05) is 23.0 Å². The minimum absolute atomic E-state index is 0.0734. The number of hydrogen-bond donors (Lipinski definition) is 0. The molecule has 2 heterocycles. The fraction of sp³-hybridized carbons (Fsp3) is 0.176. The molecule has 5 rings (SSSR count). The number of furan rings is 1. The molecule has 0 bridgehead atoms. The molecule has 226 valence electrons. The van der Waals surface area contributed by atoms with Gasteiger partial charge in [0.15, 0.2) is 0 Å². The van der Waals surface area contributed by atoms with E-state index in [4.69, 9.17) is 20.8 Å². The summed E-state index contributed by atoms with van der Waals surface area (Å²) in [6.45, 7) is 5.42. The molecule has 0 fully saturated rings. The van der Waals surface area contributed by atoms with Gasteiger partial charge in [-0.05, 0) is 80.9 Å². The first-order valence-electron chi connectivity index (χ1n) is 14.0. The molecule has 44 heavy (non-hydrogen) atoms. The maximum Gasteiger partial charge on any atom is 0.340 e. The summed E-state index contributed by atoms with van der Waals surface area (Å²) < 4.78 is 40.2. The van der Waals surface area contributed by atoms with Gasteiger partial charge in [-0.1, -0.05) is 59.6 Å². The number of benzene rings is 3. The van der Waals surface area contributed by atoms with E-state index in [0.29, 0.717) is 22.2 Å². The largest absolute Gasteiger partial charge is 0.462 e. The highest BCUT2D eigenvalue weighted by Crippen LogP contribution is 2.35. The van der Waals surface area contributed by atoms with Gasteiger partial charge in [0.1, 0.15) is 11.5 Å².